The van der Waals surface area contributed by atoms with Gasteiger partial charge in [-0.3, -0.25) is 14.4 Å². The number of amides is 1. The predicted molar refractivity (Wildman–Crippen MR) is 97.6 cm³/mol. The van der Waals surface area contributed by atoms with Gasteiger partial charge < -0.3 is 4.90 Å². The maximum atomic E-state index is 13.4. The van der Waals surface area contributed by atoms with Crippen molar-refractivity contribution in [3.63, 3.8) is 0 Å². The summed E-state index contributed by atoms with van der Waals surface area (Å²) in [5, 5.41) is 4.58. The molecule has 5 heteroatoms. The standard InChI is InChI=1S/C20H26N4O/c1-14-9-15(2)24(21-14)18-12-23(13-18)19(25)20(22(3)4)10-16-7-5-6-8-17(16)11-20/h5-9,18H,10-13H2,1-4H3. The lowest BCUT2D eigenvalue weighted by Crippen LogP contribution is -2.63. The quantitative estimate of drug-likeness (QED) is 0.859. The first kappa shape index (κ1) is 16.3. The molecule has 1 aromatic carbocycles. The van der Waals surface area contributed by atoms with Crippen molar-refractivity contribution in [1.29, 1.82) is 0 Å². The number of rotatable bonds is 3. The van der Waals surface area contributed by atoms with E-state index in [1.807, 2.05) is 25.9 Å². The van der Waals surface area contributed by atoms with Crippen LogP contribution in [-0.2, 0) is 17.6 Å². The van der Waals surface area contributed by atoms with Crippen molar-refractivity contribution in [2.75, 3.05) is 27.2 Å². The number of fused-ring (bicyclic) bond motifs is 1. The summed E-state index contributed by atoms with van der Waals surface area (Å²) in [6.07, 6.45) is 1.60. The zero-order valence-corrected chi connectivity index (χ0v) is 15.5. The monoisotopic (exact) mass is 338 g/mol. The molecular formula is C20H26N4O. The van der Waals surface area contributed by atoms with E-state index in [1.54, 1.807) is 0 Å². The molecule has 25 heavy (non-hydrogen) atoms. The Kier molecular flexibility index (Phi) is 3.72. The van der Waals surface area contributed by atoms with Gasteiger partial charge in [-0.1, -0.05) is 24.3 Å². The molecule has 1 aliphatic carbocycles. The molecule has 1 saturated heterocycles. The van der Waals surface area contributed by atoms with E-state index in [4.69, 9.17) is 0 Å². The number of likely N-dealkylation sites (tertiary alicyclic amines) is 1. The minimum absolute atomic E-state index is 0.256. The average molecular weight is 338 g/mol. The summed E-state index contributed by atoms with van der Waals surface area (Å²) in [7, 11) is 4.06. The lowest BCUT2D eigenvalue weighted by molar-refractivity contribution is -0.149. The van der Waals surface area contributed by atoms with Crippen LogP contribution in [0.15, 0.2) is 30.3 Å². The largest absolute Gasteiger partial charge is 0.337 e. The highest BCUT2D eigenvalue weighted by molar-refractivity contribution is 5.89. The molecule has 0 spiro atoms. The van der Waals surface area contributed by atoms with Crippen LogP contribution in [0.5, 0.6) is 0 Å². The van der Waals surface area contributed by atoms with Crippen molar-refractivity contribution in [3.8, 4) is 0 Å². The summed E-state index contributed by atoms with van der Waals surface area (Å²) in [6.45, 7) is 5.61. The van der Waals surface area contributed by atoms with Gasteiger partial charge in [0.15, 0.2) is 0 Å². The smallest absolute Gasteiger partial charge is 0.243 e. The van der Waals surface area contributed by atoms with Gasteiger partial charge in [-0.25, -0.2) is 0 Å². The van der Waals surface area contributed by atoms with Gasteiger partial charge in [0.1, 0.15) is 5.54 Å². The van der Waals surface area contributed by atoms with E-state index in [0.717, 1.165) is 31.6 Å². The number of aromatic nitrogens is 2. The SMILES string of the molecule is Cc1cc(C)n(C2CN(C(=O)C3(N(C)C)Cc4ccccc4C3)C2)n1. The average Bonchev–Trinajstić information content (AvgIpc) is 3.07. The molecule has 1 amide bonds. The second kappa shape index (κ2) is 5.70. The molecule has 132 valence electrons. The second-order valence-corrected chi connectivity index (χ2v) is 7.78. The Labute approximate surface area is 149 Å². The molecule has 1 aliphatic heterocycles. The van der Waals surface area contributed by atoms with Crippen molar-refractivity contribution >= 4 is 5.91 Å². The Morgan fingerprint density at radius 3 is 2.24 bits per heavy atom. The van der Waals surface area contributed by atoms with Gasteiger partial charge in [0.05, 0.1) is 11.7 Å². The van der Waals surface area contributed by atoms with E-state index < -0.39 is 5.54 Å². The molecule has 5 nitrogen and oxygen atoms in total. The number of hydrogen-bond donors (Lipinski definition) is 0. The minimum Gasteiger partial charge on any atom is -0.337 e. The van der Waals surface area contributed by atoms with E-state index in [-0.39, 0.29) is 5.91 Å². The van der Waals surface area contributed by atoms with Crippen LogP contribution in [-0.4, -0.2) is 58.2 Å². The Hall–Kier alpha value is -2.14. The van der Waals surface area contributed by atoms with Gasteiger partial charge in [-0.2, -0.15) is 5.10 Å². The molecule has 1 aromatic heterocycles. The second-order valence-electron chi connectivity index (χ2n) is 7.78. The summed E-state index contributed by atoms with van der Waals surface area (Å²) in [5.74, 6) is 0.256. The van der Waals surface area contributed by atoms with Crippen LogP contribution in [0.1, 0.15) is 28.6 Å². The Morgan fingerprint density at radius 1 is 1.16 bits per heavy atom. The third kappa shape index (κ3) is 2.49. The van der Waals surface area contributed by atoms with Gasteiger partial charge in [0.2, 0.25) is 5.91 Å². The zero-order valence-electron chi connectivity index (χ0n) is 15.5. The van der Waals surface area contributed by atoms with E-state index in [2.05, 4.69) is 51.9 Å². The maximum absolute atomic E-state index is 13.4. The Morgan fingerprint density at radius 2 is 1.76 bits per heavy atom. The van der Waals surface area contributed by atoms with Crippen molar-refractivity contribution in [2.24, 2.45) is 0 Å². The summed E-state index contributed by atoms with van der Waals surface area (Å²) in [4.78, 5) is 17.5. The molecule has 0 bridgehead atoms. The lowest BCUT2D eigenvalue weighted by atomic mass is 9.90. The van der Waals surface area contributed by atoms with Crippen LogP contribution in [0.3, 0.4) is 0 Å². The molecule has 0 atom stereocenters. The van der Waals surface area contributed by atoms with Crippen molar-refractivity contribution in [2.45, 2.75) is 38.3 Å². The maximum Gasteiger partial charge on any atom is 0.243 e. The van der Waals surface area contributed by atoms with E-state index in [9.17, 15) is 4.79 Å². The molecule has 1 fully saturated rings. The molecule has 0 unspecified atom stereocenters. The first-order valence-electron chi connectivity index (χ1n) is 8.97. The summed E-state index contributed by atoms with van der Waals surface area (Å²) >= 11 is 0. The Bertz CT molecular complexity index is 792. The van der Waals surface area contributed by atoms with E-state index >= 15 is 0 Å². The highest BCUT2D eigenvalue weighted by atomic mass is 16.2. The van der Waals surface area contributed by atoms with Crippen LogP contribution in [0.25, 0.3) is 0 Å². The Balaban J connectivity index is 1.52. The first-order valence-corrected chi connectivity index (χ1v) is 8.97. The molecule has 4 rings (SSSR count). The molecule has 0 radical (unpaired) electrons. The van der Waals surface area contributed by atoms with Gasteiger partial charge >= 0.3 is 0 Å². The number of carbonyl (C=O) groups is 1. The zero-order chi connectivity index (χ0) is 17.8. The number of carbonyl (C=O) groups excluding carboxylic acids is 1. The van der Waals surface area contributed by atoms with E-state index in [0.29, 0.717) is 6.04 Å². The molecular weight excluding hydrogens is 312 g/mol. The predicted octanol–water partition coefficient (Wildman–Crippen LogP) is 1.98. The molecule has 2 aliphatic rings. The van der Waals surface area contributed by atoms with Gasteiger partial charge in [0, 0.05) is 31.6 Å². The first-order chi connectivity index (χ1) is 11.9. The fourth-order valence-corrected chi connectivity index (χ4v) is 4.34. The third-order valence-electron chi connectivity index (χ3n) is 5.88. The van der Waals surface area contributed by atoms with Gasteiger partial charge in [-0.05, 0) is 45.1 Å². The fourth-order valence-electron chi connectivity index (χ4n) is 4.34. The topological polar surface area (TPSA) is 41.4 Å². The summed E-state index contributed by atoms with van der Waals surface area (Å²) in [5.41, 5.74) is 4.38. The number of hydrogen-bond acceptors (Lipinski definition) is 3. The number of likely N-dealkylation sites (N-methyl/N-ethyl adjacent to an activating group) is 1. The van der Waals surface area contributed by atoms with Crippen LogP contribution < -0.4 is 0 Å². The van der Waals surface area contributed by atoms with Crippen molar-refractivity contribution < 1.29 is 4.79 Å². The van der Waals surface area contributed by atoms with Crippen LogP contribution in [0, 0.1) is 13.8 Å². The van der Waals surface area contributed by atoms with Gasteiger partial charge in [0.25, 0.3) is 0 Å². The molecule has 0 saturated carbocycles. The summed E-state index contributed by atoms with van der Waals surface area (Å²) in [6, 6.07) is 10.8. The fraction of sp³-hybridized carbons (Fsp3) is 0.500. The number of benzene rings is 1. The minimum atomic E-state index is -0.441. The van der Waals surface area contributed by atoms with E-state index in [1.165, 1.54) is 16.8 Å². The van der Waals surface area contributed by atoms with Crippen molar-refractivity contribution in [1.82, 2.24) is 19.6 Å². The van der Waals surface area contributed by atoms with Gasteiger partial charge in [-0.15, -0.1) is 0 Å². The highest BCUT2D eigenvalue weighted by Crippen LogP contribution is 2.37. The molecule has 0 N–H and O–H groups in total. The van der Waals surface area contributed by atoms with Crippen molar-refractivity contribution in [3.05, 3.63) is 52.8 Å². The summed E-state index contributed by atoms with van der Waals surface area (Å²) < 4.78 is 2.07. The number of aryl methyl sites for hydroxylation is 2. The van der Waals surface area contributed by atoms with Crippen LogP contribution in [0.4, 0.5) is 0 Å². The normalized spacial score (nSPS) is 19.2. The lowest BCUT2D eigenvalue weighted by Gasteiger charge is -2.46. The molecule has 2 aromatic rings. The third-order valence-corrected chi connectivity index (χ3v) is 5.88. The van der Waals surface area contributed by atoms with Crippen LogP contribution in [0.2, 0.25) is 0 Å². The molecule has 2 heterocycles. The van der Waals surface area contributed by atoms with Crippen LogP contribution >= 0.6 is 0 Å². The highest BCUT2D eigenvalue weighted by Gasteiger charge is 2.50. The number of nitrogens with zero attached hydrogens (tertiary/aromatic N) is 4.